The molecule has 0 radical (unpaired) electrons. The fraction of sp³-hybridized carbons (Fsp3) is 0.600. The standard InChI is InChI=1S/C25H33N3O4/c1-16-6-9-21(23(29)26-16)28-15-17-14-18(7-8-19(17)24(28)30)32-22-5-3-4-20(22)27-12-10-25(2,31)11-13-27/h7-8,14,20-22,31H,1,3-6,9-13,15H2,2H3,(H,26,29)/t20-,21?,22-/m1/s1. The molecule has 2 saturated heterocycles. The summed E-state index contributed by atoms with van der Waals surface area (Å²) in [5.74, 6) is 0.562. The average Bonchev–Trinajstić information content (AvgIpc) is 3.33. The molecule has 3 fully saturated rings. The van der Waals surface area contributed by atoms with Gasteiger partial charge in [-0.05, 0) is 75.6 Å². The van der Waals surface area contributed by atoms with Gasteiger partial charge in [0.25, 0.3) is 5.91 Å². The summed E-state index contributed by atoms with van der Waals surface area (Å²) in [7, 11) is 0. The van der Waals surface area contributed by atoms with Gasteiger partial charge in [0.1, 0.15) is 17.9 Å². The highest BCUT2D eigenvalue weighted by Gasteiger charge is 2.40. The first-order valence-electron chi connectivity index (χ1n) is 11.9. The Hall–Kier alpha value is -2.38. The van der Waals surface area contributed by atoms with Crippen molar-refractivity contribution in [2.45, 2.75) is 82.2 Å². The number of hydrogen-bond acceptors (Lipinski definition) is 5. The van der Waals surface area contributed by atoms with Gasteiger partial charge in [-0.3, -0.25) is 14.5 Å². The normalized spacial score (nSPS) is 30.4. The Labute approximate surface area is 189 Å². The number of ether oxygens (including phenoxy) is 1. The summed E-state index contributed by atoms with van der Waals surface area (Å²) in [6.07, 6.45) is 6.31. The van der Waals surface area contributed by atoms with Gasteiger partial charge >= 0.3 is 0 Å². The number of carbonyl (C=O) groups excluding carboxylic acids is 2. The molecule has 1 aliphatic carbocycles. The first-order chi connectivity index (χ1) is 15.3. The van der Waals surface area contributed by atoms with E-state index in [0.29, 0.717) is 31.0 Å². The van der Waals surface area contributed by atoms with Crippen molar-refractivity contribution in [2.24, 2.45) is 0 Å². The number of nitrogens with zero attached hydrogens (tertiary/aromatic N) is 2. The van der Waals surface area contributed by atoms with Crippen molar-refractivity contribution in [3.8, 4) is 5.75 Å². The number of rotatable bonds is 4. The third kappa shape index (κ3) is 4.04. The smallest absolute Gasteiger partial charge is 0.255 e. The van der Waals surface area contributed by atoms with E-state index in [1.807, 2.05) is 25.1 Å². The maximum atomic E-state index is 12.9. The third-order valence-electron chi connectivity index (χ3n) is 7.66. The molecule has 0 aromatic heterocycles. The van der Waals surface area contributed by atoms with E-state index in [4.69, 9.17) is 4.74 Å². The van der Waals surface area contributed by atoms with E-state index in [9.17, 15) is 14.7 Å². The maximum absolute atomic E-state index is 12.9. The summed E-state index contributed by atoms with van der Waals surface area (Å²) in [6, 6.07) is 5.63. The van der Waals surface area contributed by atoms with Crippen molar-refractivity contribution >= 4 is 11.8 Å². The average molecular weight is 440 g/mol. The lowest BCUT2D eigenvalue weighted by Gasteiger charge is -2.40. The van der Waals surface area contributed by atoms with Gasteiger partial charge in [0.15, 0.2) is 0 Å². The Morgan fingerprint density at radius 3 is 2.72 bits per heavy atom. The Kier molecular flexibility index (Phi) is 5.50. The molecule has 7 heteroatoms. The predicted octanol–water partition coefficient (Wildman–Crippen LogP) is 2.58. The second-order valence-electron chi connectivity index (χ2n) is 10.1. The molecule has 4 aliphatic rings. The molecular formula is C25H33N3O4. The summed E-state index contributed by atoms with van der Waals surface area (Å²) >= 11 is 0. The van der Waals surface area contributed by atoms with Gasteiger partial charge in [-0.15, -0.1) is 0 Å². The van der Waals surface area contributed by atoms with E-state index < -0.39 is 11.6 Å². The summed E-state index contributed by atoms with van der Waals surface area (Å²) in [5.41, 5.74) is 1.75. The highest BCUT2D eigenvalue weighted by molar-refractivity contribution is 6.01. The molecule has 1 saturated carbocycles. The lowest BCUT2D eigenvalue weighted by molar-refractivity contribution is -0.126. The van der Waals surface area contributed by atoms with Crippen molar-refractivity contribution < 1.29 is 19.4 Å². The van der Waals surface area contributed by atoms with E-state index in [-0.39, 0.29) is 17.9 Å². The summed E-state index contributed by atoms with van der Waals surface area (Å²) < 4.78 is 6.44. The Bertz CT molecular complexity index is 933. The zero-order chi connectivity index (χ0) is 22.5. The van der Waals surface area contributed by atoms with Gasteiger partial charge < -0.3 is 20.1 Å². The molecule has 2 N–H and O–H groups in total. The molecule has 7 nitrogen and oxygen atoms in total. The van der Waals surface area contributed by atoms with Crippen LogP contribution < -0.4 is 10.1 Å². The molecule has 3 aliphatic heterocycles. The first kappa shape index (κ1) is 21.5. The quantitative estimate of drug-likeness (QED) is 0.754. The monoisotopic (exact) mass is 439 g/mol. The van der Waals surface area contributed by atoms with E-state index >= 15 is 0 Å². The SMILES string of the molecule is C=C1CCC(N2Cc3cc(O[C@@H]4CCC[C@H]4N4CCC(C)(O)CC4)ccc3C2=O)C(=O)N1. The fourth-order valence-electron chi connectivity index (χ4n) is 5.68. The number of allylic oxidation sites excluding steroid dienone is 1. The molecule has 3 heterocycles. The second kappa shape index (κ2) is 8.19. The molecule has 0 spiro atoms. The van der Waals surface area contributed by atoms with E-state index in [1.54, 1.807) is 4.90 Å². The third-order valence-corrected chi connectivity index (χ3v) is 7.66. The Balaban J connectivity index is 1.26. The van der Waals surface area contributed by atoms with E-state index in [1.165, 1.54) is 0 Å². The molecule has 0 bridgehead atoms. The highest BCUT2D eigenvalue weighted by Crippen LogP contribution is 2.35. The number of hydrogen-bond donors (Lipinski definition) is 2. The number of likely N-dealkylation sites (tertiary alicyclic amines) is 1. The van der Waals surface area contributed by atoms with Crippen LogP contribution in [0, 0.1) is 0 Å². The maximum Gasteiger partial charge on any atom is 0.255 e. The van der Waals surface area contributed by atoms with Crippen LogP contribution in [0.4, 0.5) is 0 Å². The summed E-state index contributed by atoms with van der Waals surface area (Å²) in [6.45, 7) is 7.99. The van der Waals surface area contributed by atoms with Crippen LogP contribution in [0.1, 0.15) is 67.8 Å². The number of amides is 2. The van der Waals surface area contributed by atoms with Crippen molar-refractivity contribution in [3.63, 3.8) is 0 Å². The Morgan fingerprint density at radius 1 is 1.19 bits per heavy atom. The minimum absolute atomic E-state index is 0.0849. The molecule has 3 atom stereocenters. The minimum atomic E-state index is -0.549. The van der Waals surface area contributed by atoms with Crippen molar-refractivity contribution in [3.05, 3.63) is 41.6 Å². The van der Waals surface area contributed by atoms with Crippen molar-refractivity contribution in [1.29, 1.82) is 0 Å². The van der Waals surface area contributed by atoms with Gasteiger partial charge in [0.2, 0.25) is 5.91 Å². The predicted molar refractivity (Wildman–Crippen MR) is 120 cm³/mol. The van der Waals surface area contributed by atoms with E-state index in [0.717, 1.165) is 62.2 Å². The number of benzene rings is 1. The zero-order valence-electron chi connectivity index (χ0n) is 18.8. The Morgan fingerprint density at radius 2 is 1.97 bits per heavy atom. The van der Waals surface area contributed by atoms with Gasteiger partial charge in [0, 0.05) is 36.9 Å². The lowest BCUT2D eigenvalue weighted by atomic mass is 9.92. The molecule has 32 heavy (non-hydrogen) atoms. The number of nitrogens with one attached hydrogen (secondary N) is 1. The van der Waals surface area contributed by atoms with Crippen LogP contribution in [-0.2, 0) is 11.3 Å². The molecule has 1 aromatic carbocycles. The minimum Gasteiger partial charge on any atom is -0.489 e. The molecular weight excluding hydrogens is 406 g/mol. The van der Waals surface area contributed by atoms with Crippen molar-refractivity contribution in [2.75, 3.05) is 13.1 Å². The number of carbonyl (C=O) groups is 2. The molecule has 1 aromatic rings. The number of piperidine rings is 2. The summed E-state index contributed by atoms with van der Waals surface area (Å²) in [5, 5.41) is 13.1. The van der Waals surface area contributed by atoms with Gasteiger partial charge in [0.05, 0.1) is 5.60 Å². The van der Waals surface area contributed by atoms with Crippen LogP contribution in [0.2, 0.25) is 0 Å². The van der Waals surface area contributed by atoms with Gasteiger partial charge in [-0.25, -0.2) is 0 Å². The fourth-order valence-corrected chi connectivity index (χ4v) is 5.68. The topological polar surface area (TPSA) is 82.1 Å². The molecule has 2 amide bonds. The van der Waals surface area contributed by atoms with Crippen molar-refractivity contribution in [1.82, 2.24) is 15.1 Å². The van der Waals surface area contributed by atoms with Crippen LogP contribution in [0.3, 0.4) is 0 Å². The van der Waals surface area contributed by atoms with Gasteiger partial charge in [-0.2, -0.15) is 0 Å². The van der Waals surface area contributed by atoms with Gasteiger partial charge in [-0.1, -0.05) is 6.58 Å². The lowest BCUT2D eigenvalue weighted by Crippen LogP contribution is -2.50. The van der Waals surface area contributed by atoms with E-state index in [2.05, 4.69) is 16.8 Å². The van der Waals surface area contributed by atoms with Crippen LogP contribution in [0.25, 0.3) is 0 Å². The largest absolute Gasteiger partial charge is 0.489 e. The summed E-state index contributed by atoms with van der Waals surface area (Å²) in [4.78, 5) is 29.5. The van der Waals surface area contributed by atoms with Crippen LogP contribution in [-0.4, -0.2) is 63.6 Å². The molecule has 1 unspecified atom stereocenters. The van der Waals surface area contributed by atoms with Crippen LogP contribution in [0.15, 0.2) is 30.5 Å². The second-order valence-corrected chi connectivity index (χ2v) is 10.1. The first-order valence-corrected chi connectivity index (χ1v) is 11.9. The molecule has 172 valence electrons. The number of aliphatic hydroxyl groups is 1. The van der Waals surface area contributed by atoms with Crippen LogP contribution >= 0.6 is 0 Å². The molecule has 5 rings (SSSR count). The zero-order valence-corrected chi connectivity index (χ0v) is 18.8. The van der Waals surface area contributed by atoms with Crippen LogP contribution in [0.5, 0.6) is 5.75 Å². The highest BCUT2D eigenvalue weighted by atomic mass is 16.5. The number of fused-ring (bicyclic) bond motifs is 1.